The Balaban J connectivity index is 0.00000242. The van der Waals surface area contributed by atoms with Gasteiger partial charge in [-0.3, -0.25) is 0 Å². The highest BCUT2D eigenvalue weighted by molar-refractivity contribution is 14.0. The van der Waals surface area contributed by atoms with E-state index in [1.54, 1.807) is 12.5 Å². The van der Waals surface area contributed by atoms with Crippen molar-refractivity contribution < 1.29 is 4.52 Å². The lowest BCUT2D eigenvalue weighted by atomic mass is 9.97. The fraction of sp³-hybridized carbons (Fsp3) is 0.667. The molecule has 0 amide bonds. The van der Waals surface area contributed by atoms with Crippen molar-refractivity contribution in [3.8, 4) is 0 Å². The molecule has 0 aromatic carbocycles. The van der Waals surface area contributed by atoms with Crippen molar-refractivity contribution in [1.82, 2.24) is 20.8 Å². The zero-order valence-electron chi connectivity index (χ0n) is 13.4. The number of allylic oxidation sites excluding steroid dienone is 1. The summed E-state index contributed by atoms with van der Waals surface area (Å²) in [5.41, 5.74) is 1.57. The summed E-state index contributed by atoms with van der Waals surface area (Å²) in [4.78, 5) is 8.62. The number of hydrogen-bond donors (Lipinski definition) is 2. The van der Waals surface area contributed by atoms with E-state index in [4.69, 9.17) is 4.52 Å². The molecule has 2 N–H and O–H groups in total. The molecule has 22 heavy (non-hydrogen) atoms. The third-order valence-corrected chi connectivity index (χ3v) is 3.42. The number of hydrogen-bond acceptors (Lipinski definition) is 4. The number of guanidine groups is 1. The maximum atomic E-state index is 4.94. The predicted molar refractivity (Wildman–Crippen MR) is 98.4 cm³/mol. The average Bonchev–Trinajstić information content (AvgIpc) is 2.91. The second-order valence-corrected chi connectivity index (χ2v) is 5.21. The van der Waals surface area contributed by atoms with Crippen molar-refractivity contribution in [3.05, 3.63) is 23.4 Å². The first kappa shape index (κ1) is 18.9. The largest absolute Gasteiger partial charge is 0.357 e. The van der Waals surface area contributed by atoms with Crippen LogP contribution in [0, 0.1) is 6.92 Å². The molecule has 7 heteroatoms. The lowest BCUT2D eigenvalue weighted by Gasteiger charge is -2.14. The smallest absolute Gasteiger partial charge is 0.223 e. The number of aliphatic imine (C=N–C) groups is 1. The maximum absolute atomic E-state index is 4.94. The van der Waals surface area contributed by atoms with Gasteiger partial charge in [0.1, 0.15) is 6.54 Å². The van der Waals surface area contributed by atoms with Gasteiger partial charge in [-0.2, -0.15) is 4.98 Å². The van der Waals surface area contributed by atoms with E-state index >= 15 is 0 Å². The standard InChI is InChI=1S/C15H25N5O.HI/c1-3-16-15(18-11-14-19-12(2)21-20-14)17-10-9-13-7-5-4-6-8-13;/h7H,3-6,8-11H2,1-2H3,(H2,16,17,18);1H. The average molecular weight is 419 g/mol. The molecule has 0 atom stereocenters. The van der Waals surface area contributed by atoms with Gasteiger partial charge in [0.05, 0.1) is 0 Å². The maximum Gasteiger partial charge on any atom is 0.223 e. The zero-order valence-corrected chi connectivity index (χ0v) is 15.7. The van der Waals surface area contributed by atoms with Crippen LogP contribution >= 0.6 is 24.0 Å². The number of halogens is 1. The van der Waals surface area contributed by atoms with Crippen LogP contribution in [-0.2, 0) is 6.54 Å². The first-order valence-corrected chi connectivity index (χ1v) is 7.77. The Morgan fingerprint density at radius 3 is 2.86 bits per heavy atom. The highest BCUT2D eigenvalue weighted by atomic mass is 127. The van der Waals surface area contributed by atoms with Crippen LogP contribution < -0.4 is 10.6 Å². The topological polar surface area (TPSA) is 75.3 Å². The van der Waals surface area contributed by atoms with E-state index in [-0.39, 0.29) is 24.0 Å². The van der Waals surface area contributed by atoms with E-state index < -0.39 is 0 Å². The number of aryl methyl sites for hydroxylation is 1. The molecule has 0 fully saturated rings. The SMILES string of the molecule is CCNC(=NCc1noc(C)n1)NCCC1=CCCCC1.I. The van der Waals surface area contributed by atoms with Crippen LogP contribution in [0.25, 0.3) is 0 Å². The second kappa shape index (κ2) is 10.6. The van der Waals surface area contributed by atoms with E-state index in [1.165, 1.54) is 25.7 Å². The summed E-state index contributed by atoms with van der Waals surface area (Å²) in [6.07, 6.45) is 8.63. The van der Waals surface area contributed by atoms with E-state index in [0.717, 1.165) is 25.5 Å². The third kappa shape index (κ3) is 6.76. The molecule has 0 aliphatic heterocycles. The lowest BCUT2D eigenvalue weighted by Crippen LogP contribution is -2.37. The molecule has 1 aliphatic rings. The summed E-state index contributed by atoms with van der Waals surface area (Å²) in [6, 6.07) is 0. The molecule has 0 spiro atoms. The van der Waals surface area contributed by atoms with Crippen molar-refractivity contribution in [2.45, 2.75) is 52.5 Å². The molecule has 0 radical (unpaired) electrons. The van der Waals surface area contributed by atoms with Crippen LogP contribution in [0.15, 0.2) is 21.2 Å². The van der Waals surface area contributed by atoms with Gasteiger partial charge in [0, 0.05) is 20.0 Å². The van der Waals surface area contributed by atoms with Gasteiger partial charge in [-0.15, -0.1) is 24.0 Å². The molecule has 6 nitrogen and oxygen atoms in total. The summed E-state index contributed by atoms with van der Waals surface area (Å²) in [5.74, 6) is 1.98. The predicted octanol–water partition coefficient (Wildman–Crippen LogP) is 2.94. The van der Waals surface area contributed by atoms with Gasteiger partial charge in [0.2, 0.25) is 5.89 Å². The van der Waals surface area contributed by atoms with Gasteiger partial charge in [0.25, 0.3) is 0 Å². The fourth-order valence-electron chi connectivity index (χ4n) is 2.37. The van der Waals surface area contributed by atoms with Gasteiger partial charge >= 0.3 is 0 Å². The number of rotatable bonds is 6. The monoisotopic (exact) mass is 419 g/mol. The molecule has 2 rings (SSSR count). The van der Waals surface area contributed by atoms with Gasteiger partial charge in [-0.25, -0.2) is 4.99 Å². The Morgan fingerprint density at radius 2 is 2.23 bits per heavy atom. The minimum Gasteiger partial charge on any atom is -0.357 e. The van der Waals surface area contributed by atoms with Gasteiger partial charge < -0.3 is 15.2 Å². The van der Waals surface area contributed by atoms with Gasteiger partial charge in [-0.05, 0) is 39.0 Å². The van der Waals surface area contributed by atoms with E-state index in [1.807, 2.05) is 0 Å². The normalized spacial score (nSPS) is 15.0. The van der Waals surface area contributed by atoms with Crippen LogP contribution in [-0.4, -0.2) is 29.2 Å². The van der Waals surface area contributed by atoms with Gasteiger partial charge in [-0.1, -0.05) is 16.8 Å². The first-order chi connectivity index (χ1) is 10.3. The highest BCUT2D eigenvalue weighted by Crippen LogP contribution is 2.19. The molecule has 0 unspecified atom stereocenters. The Labute approximate surface area is 149 Å². The minimum atomic E-state index is 0. The number of aromatic nitrogens is 2. The van der Waals surface area contributed by atoms with Crippen LogP contribution in [0.5, 0.6) is 0 Å². The third-order valence-electron chi connectivity index (χ3n) is 3.42. The summed E-state index contributed by atoms with van der Waals surface area (Å²) in [6.45, 7) is 6.00. The molecular formula is C15H26IN5O. The van der Waals surface area contributed by atoms with E-state index in [9.17, 15) is 0 Å². The molecule has 1 aromatic heterocycles. The minimum absolute atomic E-state index is 0. The molecule has 1 aliphatic carbocycles. The fourth-order valence-corrected chi connectivity index (χ4v) is 2.37. The zero-order chi connectivity index (χ0) is 14.9. The molecule has 1 heterocycles. The van der Waals surface area contributed by atoms with Gasteiger partial charge in [0.15, 0.2) is 11.8 Å². The first-order valence-electron chi connectivity index (χ1n) is 7.77. The van der Waals surface area contributed by atoms with Crippen molar-refractivity contribution >= 4 is 29.9 Å². The molecule has 1 aromatic rings. The molecular weight excluding hydrogens is 393 g/mol. The second-order valence-electron chi connectivity index (χ2n) is 5.21. The summed E-state index contributed by atoms with van der Waals surface area (Å²) >= 11 is 0. The number of nitrogens with zero attached hydrogens (tertiary/aromatic N) is 3. The van der Waals surface area contributed by atoms with Crippen LogP contribution in [0.4, 0.5) is 0 Å². The van der Waals surface area contributed by atoms with Crippen LogP contribution in [0.3, 0.4) is 0 Å². The van der Waals surface area contributed by atoms with Crippen LogP contribution in [0.2, 0.25) is 0 Å². The summed E-state index contributed by atoms with van der Waals surface area (Å²) in [5, 5.41) is 10.4. The van der Waals surface area contributed by atoms with E-state index in [0.29, 0.717) is 18.3 Å². The molecule has 0 bridgehead atoms. The Kier molecular flexibility index (Phi) is 9.10. The molecule has 0 saturated carbocycles. The Bertz CT molecular complexity index is 498. The van der Waals surface area contributed by atoms with Crippen molar-refractivity contribution in [3.63, 3.8) is 0 Å². The molecule has 124 valence electrons. The van der Waals surface area contributed by atoms with E-state index in [2.05, 4.69) is 38.8 Å². The van der Waals surface area contributed by atoms with Crippen molar-refractivity contribution in [2.75, 3.05) is 13.1 Å². The van der Waals surface area contributed by atoms with Crippen LogP contribution in [0.1, 0.15) is 50.7 Å². The Hall–Kier alpha value is -1.12. The Morgan fingerprint density at radius 1 is 1.36 bits per heavy atom. The number of nitrogens with one attached hydrogen (secondary N) is 2. The quantitative estimate of drug-likeness (QED) is 0.321. The summed E-state index contributed by atoms with van der Waals surface area (Å²) in [7, 11) is 0. The lowest BCUT2D eigenvalue weighted by molar-refractivity contribution is 0.387. The van der Waals surface area contributed by atoms with Crippen molar-refractivity contribution in [1.29, 1.82) is 0 Å². The van der Waals surface area contributed by atoms with Crippen molar-refractivity contribution in [2.24, 2.45) is 4.99 Å². The summed E-state index contributed by atoms with van der Waals surface area (Å²) < 4.78 is 4.94. The molecule has 0 saturated heterocycles. The highest BCUT2D eigenvalue weighted by Gasteiger charge is 2.05.